The predicted octanol–water partition coefficient (Wildman–Crippen LogP) is 1.94. The summed E-state index contributed by atoms with van der Waals surface area (Å²) < 4.78 is 0. The molecule has 0 aliphatic rings. The lowest BCUT2D eigenvalue weighted by Crippen LogP contribution is -2.11. The number of nitrogens with two attached hydrogens (primary N) is 1. The van der Waals surface area contributed by atoms with Gasteiger partial charge in [-0.05, 0) is 30.7 Å². The maximum Gasteiger partial charge on any atom is 0.142 e. The van der Waals surface area contributed by atoms with Gasteiger partial charge in [-0.2, -0.15) is 0 Å². The Labute approximate surface area is 100 Å². The van der Waals surface area contributed by atoms with E-state index in [2.05, 4.69) is 27.6 Å². The van der Waals surface area contributed by atoms with E-state index in [-0.39, 0.29) is 6.04 Å². The summed E-state index contributed by atoms with van der Waals surface area (Å²) in [6.45, 7) is 2.06. The minimum atomic E-state index is 0.143. The number of anilines is 2. The van der Waals surface area contributed by atoms with Crippen LogP contribution in [-0.2, 0) is 0 Å². The number of nitrogens with one attached hydrogen (secondary N) is 2. The molecular formula is C12H15N5. The Hall–Kier alpha value is -2.14. The Morgan fingerprint density at radius 1 is 1.18 bits per heavy atom. The average Bonchev–Trinajstić information content (AvgIpc) is 2.40. The van der Waals surface area contributed by atoms with Crippen LogP contribution in [0, 0.1) is 0 Å². The zero-order valence-electron chi connectivity index (χ0n) is 9.59. The van der Waals surface area contributed by atoms with Crippen molar-refractivity contribution in [2.45, 2.75) is 13.0 Å². The predicted molar refractivity (Wildman–Crippen MR) is 68.3 cm³/mol. The molecule has 1 unspecified atom stereocenters. The summed E-state index contributed by atoms with van der Waals surface area (Å²) in [6.07, 6.45) is 3.59. The Morgan fingerprint density at radius 2 is 2.00 bits per heavy atom. The number of hydrogen-bond acceptors (Lipinski definition) is 5. The van der Waals surface area contributed by atoms with Crippen LogP contribution in [0.25, 0.3) is 0 Å². The van der Waals surface area contributed by atoms with E-state index in [0.717, 1.165) is 11.4 Å². The van der Waals surface area contributed by atoms with E-state index in [4.69, 9.17) is 5.84 Å². The van der Waals surface area contributed by atoms with Crippen molar-refractivity contribution >= 4 is 11.6 Å². The molecule has 2 aromatic rings. The number of aromatic nitrogens is 2. The fraction of sp³-hybridized carbons (Fsp3) is 0.167. The number of rotatable bonds is 4. The molecule has 88 valence electrons. The summed E-state index contributed by atoms with van der Waals surface area (Å²) in [4.78, 5) is 8.38. The molecule has 0 radical (unpaired) electrons. The lowest BCUT2D eigenvalue weighted by atomic mass is 10.1. The maximum atomic E-state index is 5.31. The molecule has 0 saturated carbocycles. The second-order valence-electron chi connectivity index (χ2n) is 3.70. The number of nitrogens with zero attached hydrogens (tertiary/aromatic N) is 2. The van der Waals surface area contributed by atoms with E-state index in [0.29, 0.717) is 5.82 Å². The van der Waals surface area contributed by atoms with Crippen LogP contribution in [0.5, 0.6) is 0 Å². The molecule has 0 bridgehead atoms. The topological polar surface area (TPSA) is 75.9 Å². The summed E-state index contributed by atoms with van der Waals surface area (Å²) >= 11 is 0. The summed E-state index contributed by atoms with van der Waals surface area (Å²) in [7, 11) is 0. The van der Waals surface area contributed by atoms with Crippen LogP contribution in [0.2, 0.25) is 0 Å². The van der Waals surface area contributed by atoms with Gasteiger partial charge in [0.25, 0.3) is 0 Å². The first-order valence-electron chi connectivity index (χ1n) is 5.40. The molecular weight excluding hydrogens is 214 g/mol. The SMILES string of the molecule is CC(Nc1cccc(NN)n1)c1cccnc1. The largest absolute Gasteiger partial charge is 0.363 e. The smallest absolute Gasteiger partial charge is 0.142 e. The molecule has 1 atom stereocenters. The zero-order chi connectivity index (χ0) is 12.1. The first-order chi connectivity index (χ1) is 8.29. The van der Waals surface area contributed by atoms with Crippen molar-refractivity contribution in [1.82, 2.24) is 9.97 Å². The fourth-order valence-electron chi connectivity index (χ4n) is 1.53. The van der Waals surface area contributed by atoms with Gasteiger partial charge in [0, 0.05) is 12.4 Å². The highest BCUT2D eigenvalue weighted by molar-refractivity contribution is 5.45. The van der Waals surface area contributed by atoms with Crippen molar-refractivity contribution in [2.24, 2.45) is 5.84 Å². The molecule has 2 rings (SSSR count). The van der Waals surface area contributed by atoms with Crippen LogP contribution in [0.4, 0.5) is 11.6 Å². The van der Waals surface area contributed by atoms with Crippen molar-refractivity contribution in [3.8, 4) is 0 Å². The molecule has 5 nitrogen and oxygen atoms in total. The van der Waals surface area contributed by atoms with Crippen LogP contribution in [0.15, 0.2) is 42.7 Å². The van der Waals surface area contributed by atoms with E-state index < -0.39 is 0 Å². The van der Waals surface area contributed by atoms with Crippen LogP contribution in [0.3, 0.4) is 0 Å². The van der Waals surface area contributed by atoms with Gasteiger partial charge < -0.3 is 10.7 Å². The molecule has 0 aliphatic heterocycles. The number of hydrazine groups is 1. The second-order valence-corrected chi connectivity index (χ2v) is 3.70. The van der Waals surface area contributed by atoms with Gasteiger partial charge in [0.2, 0.25) is 0 Å². The Kier molecular flexibility index (Phi) is 3.52. The minimum Gasteiger partial charge on any atom is -0.363 e. The number of pyridine rings is 2. The molecule has 0 amide bonds. The van der Waals surface area contributed by atoms with Gasteiger partial charge in [-0.1, -0.05) is 12.1 Å². The van der Waals surface area contributed by atoms with Gasteiger partial charge in [0.15, 0.2) is 0 Å². The first-order valence-corrected chi connectivity index (χ1v) is 5.40. The molecule has 2 heterocycles. The van der Waals surface area contributed by atoms with Gasteiger partial charge >= 0.3 is 0 Å². The van der Waals surface area contributed by atoms with Crippen molar-refractivity contribution in [2.75, 3.05) is 10.7 Å². The lowest BCUT2D eigenvalue weighted by molar-refractivity contribution is 0.866. The van der Waals surface area contributed by atoms with E-state index in [1.807, 2.05) is 30.5 Å². The Balaban J connectivity index is 2.10. The van der Waals surface area contributed by atoms with E-state index in [1.54, 1.807) is 12.3 Å². The summed E-state index contributed by atoms with van der Waals surface area (Å²) in [6, 6.07) is 9.67. The highest BCUT2D eigenvalue weighted by atomic mass is 15.3. The minimum absolute atomic E-state index is 0.143. The highest BCUT2D eigenvalue weighted by Crippen LogP contribution is 2.17. The molecule has 5 heteroatoms. The second kappa shape index (κ2) is 5.27. The van der Waals surface area contributed by atoms with Crippen molar-refractivity contribution in [3.63, 3.8) is 0 Å². The van der Waals surface area contributed by atoms with Gasteiger partial charge in [0.1, 0.15) is 11.6 Å². The lowest BCUT2D eigenvalue weighted by Gasteiger charge is -2.14. The molecule has 4 N–H and O–H groups in total. The van der Waals surface area contributed by atoms with E-state index in [9.17, 15) is 0 Å². The van der Waals surface area contributed by atoms with Crippen LogP contribution >= 0.6 is 0 Å². The van der Waals surface area contributed by atoms with Gasteiger partial charge in [-0.25, -0.2) is 10.8 Å². The summed E-state index contributed by atoms with van der Waals surface area (Å²) in [5.74, 6) is 6.72. The van der Waals surface area contributed by atoms with E-state index in [1.165, 1.54) is 0 Å². The quantitative estimate of drug-likeness (QED) is 0.551. The fourth-order valence-corrected chi connectivity index (χ4v) is 1.53. The number of nitrogen functional groups attached to an aromatic ring is 1. The summed E-state index contributed by atoms with van der Waals surface area (Å²) in [5.41, 5.74) is 3.63. The monoisotopic (exact) mass is 229 g/mol. The van der Waals surface area contributed by atoms with Crippen LogP contribution < -0.4 is 16.6 Å². The molecule has 2 aromatic heterocycles. The van der Waals surface area contributed by atoms with Crippen LogP contribution in [0.1, 0.15) is 18.5 Å². The first kappa shape index (κ1) is 11.3. The standard InChI is InChI=1S/C12H15N5/c1-9(10-4-3-7-14-8-10)15-11-5-2-6-12(16-11)17-13/h2-9H,13H2,1H3,(H2,15,16,17). The molecule has 0 fully saturated rings. The number of hydrogen-bond donors (Lipinski definition) is 3. The van der Waals surface area contributed by atoms with Crippen molar-refractivity contribution in [1.29, 1.82) is 0 Å². The zero-order valence-corrected chi connectivity index (χ0v) is 9.59. The van der Waals surface area contributed by atoms with Gasteiger partial charge in [0.05, 0.1) is 6.04 Å². The van der Waals surface area contributed by atoms with Crippen molar-refractivity contribution < 1.29 is 0 Å². The normalized spacial score (nSPS) is 11.9. The molecule has 0 aromatic carbocycles. The summed E-state index contributed by atoms with van der Waals surface area (Å²) in [5, 5.41) is 3.29. The Bertz CT molecular complexity index is 471. The van der Waals surface area contributed by atoms with Crippen molar-refractivity contribution in [3.05, 3.63) is 48.3 Å². The molecule has 0 aliphatic carbocycles. The Morgan fingerprint density at radius 3 is 2.71 bits per heavy atom. The third-order valence-electron chi connectivity index (χ3n) is 2.45. The van der Waals surface area contributed by atoms with Gasteiger partial charge in [-0.15, -0.1) is 0 Å². The van der Waals surface area contributed by atoms with Gasteiger partial charge in [-0.3, -0.25) is 4.98 Å². The van der Waals surface area contributed by atoms with E-state index >= 15 is 0 Å². The molecule has 0 spiro atoms. The maximum absolute atomic E-state index is 5.31. The highest BCUT2D eigenvalue weighted by Gasteiger charge is 2.05. The molecule has 17 heavy (non-hydrogen) atoms. The third kappa shape index (κ3) is 2.92. The molecule has 0 saturated heterocycles. The third-order valence-corrected chi connectivity index (χ3v) is 2.45. The average molecular weight is 229 g/mol. The van der Waals surface area contributed by atoms with Crippen LogP contribution in [-0.4, -0.2) is 9.97 Å².